The molecule has 0 N–H and O–H groups in total. The number of anilines is 1. The maximum absolute atomic E-state index is 12.3. The van der Waals surface area contributed by atoms with Crippen LogP contribution in [0.2, 0.25) is 0 Å². The van der Waals surface area contributed by atoms with E-state index in [1.807, 2.05) is 0 Å². The Bertz CT molecular complexity index is 867. The lowest BCUT2D eigenvalue weighted by Crippen LogP contribution is -2.37. The van der Waals surface area contributed by atoms with E-state index in [9.17, 15) is 26.4 Å². The van der Waals surface area contributed by atoms with Gasteiger partial charge in [-0.1, -0.05) is 25.6 Å². The average Bonchev–Trinajstić information content (AvgIpc) is 2.97. The minimum atomic E-state index is -4.80. The standard InChI is InChI=1S/C16H17F3N2O4S2/c1-9(2)14(22)20-15-21(12-7-27(23,24)8-13(12)26-15)10-3-5-11(6-4-10)25-16(17,18)19/h3-6,9,12-13H,7-8H2,1-2H3. The van der Waals surface area contributed by atoms with Crippen LogP contribution in [0.1, 0.15) is 13.8 Å². The molecule has 2 aliphatic heterocycles. The molecule has 11 heteroatoms. The molecule has 0 aliphatic carbocycles. The summed E-state index contributed by atoms with van der Waals surface area (Å²) in [5.41, 5.74) is 0.455. The van der Waals surface area contributed by atoms with Crippen LogP contribution in [0.25, 0.3) is 0 Å². The van der Waals surface area contributed by atoms with Crippen molar-refractivity contribution in [2.45, 2.75) is 31.5 Å². The van der Waals surface area contributed by atoms with E-state index in [-0.39, 0.29) is 34.3 Å². The van der Waals surface area contributed by atoms with E-state index in [4.69, 9.17) is 0 Å². The Kier molecular flexibility index (Phi) is 5.19. The van der Waals surface area contributed by atoms with Gasteiger partial charge in [-0.15, -0.1) is 13.2 Å². The molecule has 0 bridgehead atoms. The van der Waals surface area contributed by atoms with E-state index in [2.05, 4.69) is 9.73 Å². The predicted molar refractivity (Wildman–Crippen MR) is 96.7 cm³/mol. The number of alkyl halides is 3. The third-order valence-electron chi connectivity index (χ3n) is 4.11. The molecule has 0 radical (unpaired) electrons. The third kappa shape index (κ3) is 4.57. The van der Waals surface area contributed by atoms with Crippen LogP contribution in [0, 0.1) is 5.92 Å². The smallest absolute Gasteiger partial charge is 0.406 e. The zero-order valence-electron chi connectivity index (χ0n) is 14.4. The highest BCUT2D eigenvalue weighted by molar-refractivity contribution is 8.16. The highest BCUT2D eigenvalue weighted by atomic mass is 32.2. The molecule has 2 unspecified atom stereocenters. The van der Waals surface area contributed by atoms with Gasteiger partial charge < -0.3 is 9.64 Å². The number of aliphatic imine (C=N–C) groups is 1. The number of rotatable bonds is 3. The number of carbonyl (C=O) groups is 1. The SMILES string of the molecule is CC(C)C(=O)N=C1SC2CS(=O)(=O)CC2N1c1ccc(OC(F)(F)F)cc1. The lowest BCUT2D eigenvalue weighted by molar-refractivity contribution is -0.274. The molecule has 2 heterocycles. The quantitative estimate of drug-likeness (QED) is 0.746. The number of amides is 1. The molecule has 2 aliphatic rings. The monoisotopic (exact) mass is 422 g/mol. The van der Waals surface area contributed by atoms with Crippen molar-refractivity contribution < 1.29 is 31.1 Å². The molecule has 2 fully saturated rings. The Morgan fingerprint density at radius 3 is 2.44 bits per heavy atom. The molecule has 6 nitrogen and oxygen atoms in total. The number of nitrogens with zero attached hydrogens (tertiary/aromatic N) is 2. The fourth-order valence-electron chi connectivity index (χ4n) is 2.90. The summed E-state index contributed by atoms with van der Waals surface area (Å²) in [5.74, 6) is -1.18. The molecule has 27 heavy (non-hydrogen) atoms. The normalized spacial score (nSPS) is 25.9. The van der Waals surface area contributed by atoms with Crippen molar-refractivity contribution in [1.29, 1.82) is 0 Å². The van der Waals surface area contributed by atoms with Gasteiger partial charge >= 0.3 is 6.36 Å². The first-order valence-electron chi connectivity index (χ1n) is 8.10. The van der Waals surface area contributed by atoms with E-state index in [0.29, 0.717) is 10.9 Å². The van der Waals surface area contributed by atoms with Gasteiger partial charge in [-0.2, -0.15) is 4.99 Å². The van der Waals surface area contributed by atoms with Crippen LogP contribution in [-0.4, -0.2) is 48.7 Å². The molecule has 2 atom stereocenters. The summed E-state index contributed by atoms with van der Waals surface area (Å²) in [5, 5.41) is 0.0860. The van der Waals surface area contributed by atoms with Gasteiger partial charge in [-0.3, -0.25) is 4.79 Å². The van der Waals surface area contributed by atoms with Crippen molar-refractivity contribution >= 4 is 38.4 Å². The second-order valence-electron chi connectivity index (χ2n) is 6.60. The van der Waals surface area contributed by atoms with Crippen molar-refractivity contribution in [2.24, 2.45) is 10.9 Å². The summed E-state index contributed by atoms with van der Waals surface area (Å²) < 4.78 is 64.8. The Balaban J connectivity index is 1.93. The number of sulfone groups is 1. The van der Waals surface area contributed by atoms with Crippen LogP contribution in [-0.2, 0) is 14.6 Å². The van der Waals surface area contributed by atoms with Crippen LogP contribution in [0.15, 0.2) is 29.3 Å². The van der Waals surface area contributed by atoms with Crippen LogP contribution < -0.4 is 9.64 Å². The molecule has 1 aromatic rings. The first-order valence-corrected chi connectivity index (χ1v) is 10.8. The van der Waals surface area contributed by atoms with Crippen molar-refractivity contribution in [1.82, 2.24) is 0 Å². The summed E-state index contributed by atoms with van der Waals surface area (Å²) in [4.78, 5) is 17.8. The van der Waals surface area contributed by atoms with Crippen molar-refractivity contribution in [3.05, 3.63) is 24.3 Å². The number of hydrogen-bond donors (Lipinski definition) is 0. The van der Waals surface area contributed by atoms with Gasteiger partial charge in [-0.25, -0.2) is 8.42 Å². The van der Waals surface area contributed by atoms with Crippen LogP contribution in [0.5, 0.6) is 5.75 Å². The molecule has 0 saturated carbocycles. The topological polar surface area (TPSA) is 76.0 Å². The van der Waals surface area contributed by atoms with Gasteiger partial charge in [0.1, 0.15) is 5.75 Å². The van der Waals surface area contributed by atoms with Crippen LogP contribution >= 0.6 is 11.8 Å². The van der Waals surface area contributed by atoms with Crippen molar-refractivity contribution in [3.8, 4) is 5.75 Å². The summed E-state index contributed by atoms with van der Waals surface area (Å²) in [6.07, 6.45) is -4.80. The predicted octanol–water partition coefficient (Wildman–Crippen LogP) is 2.84. The number of benzene rings is 1. The molecule has 2 saturated heterocycles. The minimum absolute atomic E-state index is 0.0248. The highest BCUT2D eigenvalue weighted by Gasteiger charge is 2.49. The molecule has 3 rings (SSSR count). The number of fused-ring (bicyclic) bond motifs is 1. The largest absolute Gasteiger partial charge is 0.573 e. The van der Waals surface area contributed by atoms with E-state index in [1.54, 1.807) is 18.7 Å². The van der Waals surface area contributed by atoms with Gasteiger partial charge in [0.2, 0.25) is 0 Å². The fourth-order valence-corrected chi connectivity index (χ4v) is 6.82. The molecule has 1 amide bonds. The van der Waals surface area contributed by atoms with Crippen LogP contribution in [0.4, 0.5) is 18.9 Å². The number of hydrogen-bond acceptors (Lipinski definition) is 5. The second-order valence-corrected chi connectivity index (χ2v) is 9.96. The Hall–Kier alpha value is -1.75. The molecule has 0 aromatic heterocycles. The number of carbonyl (C=O) groups excluding carboxylic acids is 1. The summed E-state index contributed by atoms with van der Waals surface area (Å²) in [6, 6.07) is 4.65. The van der Waals surface area contributed by atoms with Gasteiger partial charge in [-0.05, 0) is 24.3 Å². The Labute approximate surface area is 158 Å². The minimum Gasteiger partial charge on any atom is -0.406 e. The Morgan fingerprint density at radius 1 is 1.26 bits per heavy atom. The zero-order chi connectivity index (χ0) is 20.0. The van der Waals surface area contributed by atoms with E-state index >= 15 is 0 Å². The average molecular weight is 422 g/mol. The third-order valence-corrected chi connectivity index (χ3v) is 7.32. The molecule has 0 spiro atoms. The van der Waals surface area contributed by atoms with Crippen molar-refractivity contribution in [2.75, 3.05) is 16.4 Å². The Morgan fingerprint density at radius 2 is 1.89 bits per heavy atom. The van der Waals surface area contributed by atoms with Gasteiger partial charge in [0.25, 0.3) is 5.91 Å². The zero-order valence-corrected chi connectivity index (χ0v) is 16.1. The molecular formula is C16H17F3N2O4S2. The van der Waals surface area contributed by atoms with Crippen LogP contribution in [0.3, 0.4) is 0 Å². The number of ether oxygens (including phenoxy) is 1. The summed E-state index contributed by atoms with van der Waals surface area (Å²) >= 11 is 1.21. The lowest BCUT2D eigenvalue weighted by atomic mass is 10.2. The molecule has 148 valence electrons. The van der Waals surface area contributed by atoms with Crippen molar-refractivity contribution in [3.63, 3.8) is 0 Å². The first kappa shape index (κ1) is 20.0. The van der Waals surface area contributed by atoms with E-state index in [0.717, 1.165) is 12.1 Å². The fraction of sp³-hybridized carbons (Fsp3) is 0.500. The summed E-state index contributed by atoms with van der Waals surface area (Å²) in [7, 11) is -3.22. The van der Waals surface area contributed by atoms with Gasteiger partial charge in [0.05, 0.1) is 17.5 Å². The van der Waals surface area contributed by atoms with Gasteiger partial charge in [0.15, 0.2) is 15.0 Å². The van der Waals surface area contributed by atoms with E-state index < -0.39 is 22.2 Å². The molecule has 1 aromatic carbocycles. The maximum Gasteiger partial charge on any atom is 0.573 e. The number of halogens is 3. The summed E-state index contributed by atoms with van der Waals surface area (Å²) in [6.45, 7) is 3.40. The van der Waals surface area contributed by atoms with Gasteiger partial charge in [0, 0.05) is 16.9 Å². The van der Waals surface area contributed by atoms with E-state index in [1.165, 1.54) is 23.9 Å². The highest BCUT2D eigenvalue weighted by Crippen LogP contribution is 2.41. The first-order chi connectivity index (χ1) is 12.5. The number of thioether (sulfide) groups is 1. The number of amidine groups is 1. The maximum atomic E-state index is 12.3. The molecular weight excluding hydrogens is 405 g/mol. The second kappa shape index (κ2) is 7.01. The lowest BCUT2D eigenvalue weighted by Gasteiger charge is -2.24.